The van der Waals surface area contributed by atoms with Gasteiger partial charge in [-0.25, -0.2) is 0 Å². The summed E-state index contributed by atoms with van der Waals surface area (Å²) in [4.78, 5) is 2.38. The molecule has 3 aromatic carbocycles. The molecular formula is C23H24BrN2O4S-. The van der Waals surface area contributed by atoms with Crippen LogP contribution in [0.3, 0.4) is 0 Å². The van der Waals surface area contributed by atoms with E-state index in [0.29, 0.717) is 0 Å². The van der Waals surface area contributed by atoms with E-state index in [1.54, 1.807) is 0 Å². The van der Waals surface area contributed by atoms with Gasteiger partial charge in [-0.1, -0.05) is 28.1 Å². The maximum atomic E-state index is 8.52. The molecule has 0 bridgehead atoms. The molecule has 31 heavy (non-hydrogen) atoms. The molecule has 3 aromatic rings. The van der Waals surface area contributed by atoms with Crippen molar-refractivity contribution in [2.24, 2.45) is 0 Å². The molecule has 1 aliphatic heterocycles. The first kappa shape index (κ1) is 23.4. The van der Waals surface area contributed by atoms with Crippen molar-refractivity contribution in [1.29, 1.82) is 0 Å². The zero-order valence-electron chi connectivity index (χ0n) is 17.6. The van der Waals surface area contributed by atoms with E-state index in [9.17, 15) is 0 Å². The van der Waals surface area contributed by atoms with E-state index in [1.165, 1.54) is 39.0 Å². The van der Waals surface area contributed by atoms with Crippen LogP contribution in [0, 0.1) is 0 Å². The summed E-state index contributed by atoms with van der Waals surface area (Å²) in [5, 5.41) is 2.64. The van der Waals surface area contributed by atoms with Crippen molar-refractivity contribution < 1.29 is 22.1 Å². The van der Waals surface area contributed by atoms with Gasteiger partial charge in [0, 0.05) is 50.7 Å². The van der Waals surface area contributed by atoms with Gasteiger partial charge in [-0.15, -0.1) is 0 Å². The summed E-state index contributed by atoms with van der Waals surface area (Å²) in [6.45, 7) is 9.66. The number of hydrogen-bond donors (Lipinski definition) is 0. The molecule has 0 saturated carbocycles. The Morgan fingerprint density at radius 1 is 0.935 bits per heavy atom. The van der Waals surface area contributed by atoms with E-state index >= 15 is 0 Å². The van der Waals surface area contributed by atoms with Gasteiger partial charge in [-0.3, -0.25) is 8.42 Å². The minimum atomic E-state index is -5.17. The quantitative estimate of drug-likeness (QED) is 0.288. The third-order valence-corrected chi connectivity index (χ3v) is 6.06. The lowest BCUT2D eigenvalue weighted by Crippen LogP contribution is -2.22. The summed E-state index contributed by atoms with van der Waals surface area (Å²) >= 11 is 3.72. The number of anilines is 1. The monoisotopic (exact) mass is 503 g/mol. The Bertz CT molecular complexity index is 1230. The highest BCUT2D eigenvalue weighted by Crippen LogP contribution is 2.40. The number of rotatable bonds is 5. The lowest BCUT2D eigenvalue weighted by molar-refractivity contribution is -0.431. The minimum absolute atomic E-state index is 0.957. The van der Waals surface area contributed by atoms with Gasteiger partial charge < -0.3 is 14.0 Å². The van der Waals surface area contributed by atoms with Crippen LogP contribution >= 0.6 is 15.9 Å². The molecule has 1 heterocycles. The molecule has 1 aliphatic rings. The lowest BCUT2D eigenvalue weighted by atomic mass is 9.98. The molecule has 0 amide bonds. The van der Waals surface area contributed by atoms with Gasteiger partial charge in [-0.2, -0.15) is 4.58 Å². The average Bonchev–Trinajstić information content (AvgIpc) is 3.05. The Kier molecular flexibility index (Phi) is 7.16. The normalized spacial score (nSPS) is 12.7. The van der Waals surface area contributed by atoms with Gasteiger partial charge in [0.05, 0.1) is 10.9 Å². The van der Waals surface area contributed by atoms with Crippen LogP contribution in [0.15, 0.2) is 59.1 Å². The molecule has 0 aliphatic carbocycles. The van der Waals surface area contributed by atoms with Gasteiger partial charge in [0.25, 0.3) is 0 Å². The van der Waals surface area contributed by atoms with E-state index in [2.05, 4.69) is 101 Å². The van der Waals surface area contributed by atoms with Crippen molar-refractivity contribution in [3.63, 3.8) is 0 Å². The summed E-state index contributed by atoms with van der Waals surface area (Å²) in [6.07, 6.45) is 0. The second-order valence-corrected chi connectivity index (χ2v) is 8.69. The topological polar surface area (TPSA) is 86.5 Å². The largest absolute Gasteiger partial charge is 0.759 e. The van der Waals surface area contributed by atoms with Gasteiger partial charge in [0.2, 0.25) is 11.4 Å². The SMILES string of the molecule is CCN(CC)c1ccc(C2=[N+](CC)c3ccc(Br)c4cccc2c34)cc1.O=S(=O)([O-])[O-]. The first-order valence-electron chi connectivity index (χ1n) is 10.1. The molecule has 8 heteroatoms. The van der Waals surface area contributed by atoms with E-state index in [0.717, 1.165) is 24.1 Å². The molecular weight excluding hydrogens is 480 g/mol. The van der Waals surface area contributed by atoms with E-state index < -0.39 is 10.4 Å². The number of hydrogen-bond acceptors (Lipinski definition) is 5. The predicted octanol–water partition coefficient (Wildman–Crippen LogP) is 4.63. The molecule has 0 atom stereocenters. The molecule has 6 nitrogen and oxygen atoms in total. The van der Waals surface area contributed by atoms with E-state index in [4.69, 9.17) is 17.5 Å². The van der Waals surface area contributed by atoms with Crippen LogP contribution in [0.25, 0.3) is 10.8 Å². The summed E-state index contributed by atoms with van der Waals surface area (Å²) in [5.74, 6) is 0. The predicted molar refractivity (Wildman–Crippen MR) is 126 cm³/mol. The molecule has 4 rings (SSSR count). The smallest absolute Gasteiger partial charge is 0.221 e. The minimum Gasteiger partial charge on any atom is -0.759 e. The summed E-state index contributed by atoms with van der Waals surface area (Å²) in [6, 6.07) is 20.1. The highest BCUT2D eigenvalue weighted by molar-refractivity contribution is 9.10. The van der Waals surface area contributed by atoms with Gasteiger partial charge in [-0.05, 0) is 57.2 Å². The van der Waals surface area contributed by atoms with Crippen molar-refractivity contribution >= 4 is 54.2 Å². The van der Waals surface area contributed by atoms with Crippen LogP contribution in [0.1, 0.15) is 31.9 Å². The van der Waals surface area contributed by atoms with Crippen molar-refractivity contribution in [2.75, 3.05) is 24.5 Å². The van der Waals surface area contributed by atoms with Crippen LogP contribution < -0.4 is 4.90 Å². The molecule has 0 fully saturated rings. The van der Waals surface area contributed by atoms with Crippen LogP contribution in [0.4, 0.5) is 11.4 Å². The van der Waals surface area contributed by atoms with Gasteiger partial charge >= 0.3 is 0 Å². The van der Waals surface area contributed by atoms with Crippen LogP contribution in [-0.2, 0) is 10.4 Å². The Hall–Kier alpha value is -2.26. The fraction of sp³-hybridized carbons (Fsp3) is 0.261. The fourth-order valence-corrected chi connectivity index (χ4v) is 4.56. The van der Waals surface area contributed by atoms with Crippen LogP contribution in [0.5, 0.6) is 0 Å². The summed E-state index contributed by atoms with van der Waals surface area (Å²) in [5.41, 5.74) is 6.53. The van der Waals surface area contributed by atoms with Crippen molar-refractivity contribution in [2.45, 2.75) is 20.8 Å². The third-order valence-electron chi connectivity index (χ3n) is 5.37. The lowest BCUT2D eigenvalue weighted by Gasteiger charge is -2.21. The molecule has 0 unspecified atom stereocenters. The standard InChI is InChI=1S/C23H24BrN2.H2O4S/c1-4-25(5-2)17-12-10-16(11-13-17)23-19-9-7-8-18-20(24)14-15-21(22(18)19)26(23)6-3;1-5(2,3)4/h7-15H,4-6H2,1-3H3;(H2,1,2,3,4)/q+1;/p-2. The first-order chi connectivity index (χ1) is 14.7. The maximum Gasteiger partial charge on any atom is 0.221 e. The zero-order chi connectivity index (χ0) is 22.8. The van der Waals surface area contributed by atoms with Crippen molar-refractivity contribution in [3.8, 4) is 0 Å². The van der Waals surface area contributed by atoms with Crippen LogP contribution in [-0.4, -0.2) is 47.4 Å². The van der Waals surface area contributed by atoms with Gasteiger partial charge in [0.15, 0.2) is 0 Å². The van der Waals surface area contributed by atoms with E-state index in [-0.39, 0.29) is 0 Å². The fourth-order valence-electron chi connectivity index (χ4n) is 4.10. The molecule has 0 saturated heterocycles. The van der Waals surface area contributed by atoms with Crippen molar-refractivity contribution in [1.82, 2.24) is 0 Å². The molecule has 0 radical (unpaired) electrons. The average molecular weight is 504 g/mol. The maximum absolute atomic E-state index is 8.52. The zero-order valence-corrected chi connectivity index (χ0v) is 20.0. The van der Waals surface area contributed by atoms with E-state index in [1.807, 2.05) is 0 Å². The Balaban J connectivity index is 0.000000491. The number of benzene rings is 3. The number of halogens is 1. The van der Waals surface area contributed by atoms with Gasteiger partial charge in [0.1, 0.15) is 6.54 Å². The second-order valence-electron chi connectivity index (χ2n) is 7.01. The van der Waals surface area contributed by atoms with Crippen LogP contribution in [0.2, 0.25) is 0 Å². The molecule has 164 valence electrons. The number of nitrogens with zero attached hydrogens (tertiary/aromatic N) is 2. The second kappa shape index (κ2) is 9.48. The summed E-state index contributed by atoms with van der Waals surface area (Å²) < 4.78 is 37.7. The molecule has 0 spiro atoms. The highest BCUT2D eigenvalue weighted by atomic mass is 79.9. The summed E-state index contributed by atoms with van der Waals surface area (Å²) in [7, 11) is -5.17. The molecule has 0 N–H and O–H groups in total. The Morgan fingerprint density at radius 3 is 2.10 bits per heavy atom. The third kappa shape index (κ3) is 4.98. The van der Waals surface area contributed by atoms with Crippen molar-refractivity contribution in [3.05, 3.63) is 70.2 Å². The first-order valence-corrected chi connectivity index (χ1v) is 12.2. The highest BCUT2D eigenvalue weighted by Gasteiger charge is 2.32. The molecule has 0 aromatic heterocycles. The Labute approximate surface area is 191 Å². The Morgan fingerprint density at radius 2 is 1.55 bits per heavy atom.